The molecule has 0 spiro atoms. The van der Waals surface area contributed by atoms with Gasteiger partial charge in [-0.2, -0.15) is 0 Å². The lowest BCUT2D eigenvalue weighted by molar-refractivity contribution is -0.143. The maximum absolute atomic E-state index is 13.4. The van der Waals surface area contributed by atoms with Crippen molar-refractivity contribution in [2.45, 2.75) is 65.3 Å². The second kappa shape index (κ2) is 12.8. The lowest BCUT2D eigenvalue weighted by Gasteiger charge is -2.35. The van der Waals surface area contributed by atoms with Gasteiger partial charge >= 0.3 is 12.0 Å². The van der Waals surface area contributed by atoms with E-state index in [1.54, 1.807) is 32.9 Å². The van der Waals surface area contributed by atoms with Crippen molar-refractivity contribution in [3.63, 3.8) is 0 Å². The zero-order valence-corrected chi connectivity index (χ0v) is 21.5. The Morgan fingerprint density at radius 1 is 1.08 bits per heavy atom. The highest BCUT2D eigenvalue weighted by molar-refractivity contribution is 6.37. The van der Waals surface area contributed by atoms with Gasteiger partial charge in [-0.25, -0.2) is 4.79 Å². The van der Waals surface area contributed by atoms with Crippen LogP contribution in [-0.2, 0) is 35.3 Å². The van der Waals surface area contributed by atoms with Crippen molar-refractivity contribution < 1.29 is 33.5 Å². The normalized spacial score (nSPS) is 16.8. The number of ether oxygens (including phenoxy) is 1. The largest absolute Gasteiger partial charge is 0.460 e. The maximum Gasteiger partial charge on any atom is 0.325 e. The topological polar surface area (TPSA) is 177 Å². The van der Waals surface area contributed by atoms with E-state index in [4.69, 9.17) is 10.5 Å². The molecule has 0 radical (unpaired) electrons. The van der Waals surface area contributed by atoms with Gasteiger partial charge in [-0.15, -0.1) is 0 Å². The van der Waals surface area contributed by atoms with E-state index >= 15 is 0 Å². The number of nitrogens with one attached hydrogen (secondary N) is 3. The van der Waals surface area contributed by atoms with Gasteiger partial charge in [0.1, 0.15) is 25.2 Å². The third-order valence-electron chi connectivity index (χ3n) is 5.86. The van der Waals surface area contributed by atoms with Crippen molar-refractivity contribution in [3.05, 3.63) is 35.9 Å². The van der Waals surface area contributed by atoms with Crippen LogP contribution in [0.1, 0.15) is 46.1 Å². The zero-order valence-electron chi connectivity index (χ0n) is 21.5. The number of ketones is 1. The third-order valence-corrected chi connectivity index (χ3v) is 5.86. The summed E-state index contributed by atoms with van der Waals surface area (Å²) in [5.74, 6) is -3.84. The van der Waals surface area contributed by atoms with Crippen LogP contribution in [0, 0.1) is 5.41 Å². The number of hydrogen-bond acceptors (Lipinski definition) is 7. The van der Waals surface area contributed by atoms with Crippen molar-refractivity contribution in [2.24, 2.45) is 11.1 Å². The van der Waals surface area contributed by atoms with Gasteiger partial charge in [0.25, 0.3) is 5.91 Å². The van der Waals surface area contributed by atoms with Crippen LogP contribution in [0.25, 0.3) is 0 Å². The standard InChI is InChI=1S/C25H35N5O7/c1-15(19(32)21(26)33)28-22(34)17-11-8-12-30(17)23(35)20(25(2,3)4)29-24(36)27-13-18(31)37-14-16-9-6-5-7-10-16/h5-7,9-10,15,17,20H,8,11-14H2,1-4H3,(H2,26,33)(H,28,34)(H2,27,29,36)/t15?,17-,20?/m0/s1. The molecule has 1 heterocycles. The van der Waals surface area contributed by atoms with Gasteiger partial charge in [-0.3, -0.25) is 24.0 Å². The van der Waals surface area contributed by atoms with Crippen molar-refractivity contribution in [1.82, 2.24) is 20.9 Å². The number of hydrogen-bond donors (Lipinski definition) is 4. The summed E-state index contributed by atoms with van der Waals surface area (Å²) in [5.41, 5.74) is 5.05. The Kier molecular flexibility index (Phi) is 10.2. The van der Waals surface area contributed by atoms with Crippen molar-refractivity contribution in [2.75, 3.05) is 13.1 Å². The number of carbonyl (C=O) groups excluding carboxylic acids is 6. The SMILES string of the molecule is CC(NC(=O)[C@@H]1CCCN1C(=O)C(NC(=O)NCC(=O)OCc1ccccc1)C(C)(C)C)C(=O)C(N)=O. The molecule has 1 aromatic carbocycles. The first-order chi connectivity index (χ1) is 17.3. The van der Waals surface area contributed by atoms with Crippen LogP contribution in [0.3, 0.4) is 0 Å². The summed E-state index contributed by atoms with van der Waals surface area (Å²) in [6, 6.07) is 5.29. The van der Waals surface area contributed by atoms with E-state index in [0.717, 1.165) is 5.56 Å². The summed E-state index contributed by atoms with van der Waals surface area (Å²) in [4.78, 5) is 74.9. The second-order valence-corrected chi connectivity index (χ2v) is 9.92. The smallest absolute Gasteiger partial charge is 0.325 e. The Morgan fingerprint density at radius 2 is 1.73 bits per heavy atom. The van der Waals surface area contributed by atoms with E-state index in [2.05, 4.69) is 16.0 Å². The third kappa shape index (κ3) is 8.58. The summed E-state index contributed by atoms with van der Waals surface area (Å²) in [6.45, 7) is 6.53. The average molecular weight is 518 g/mol. The average Bonchev–Trinajstić information content (AvgIpc) is 3.34. The predicted molar refractivity (Wildman–Crippen MR) is 133 cm³/mol. The van der Waals surface area contributed by atoms with Gasteiger partial charge in [0.15, 0.2) is 0 Å². The minimum atomic E-state index is -1.17. The fraction of sp³-hybridized carbons (Fsp3) is 0.520. The number of esters is 1. The minimum Gasteiger partial charge on any atom is -0.460 e. The number of urea groups is 1. The van der Waals surface area contributed by atoms with Crippen LogP contribution in [-0.4, -0.2) is 71.6 Å². The lowest BCUT2D eigenvalue weighted by Crippen LogP contribution is -2.60. The van der Waals surface area contributed by atoms with E-state index in [9.17, 15) is 28.8 Å². The number of rotatable bonds is 10. The molecular formula is C25H35N5O7. The van der Waals surface area contributed by atoms with Gasteiger partial charge in [0, 0.05) is 6.54 Å². The van der Waals surface area contributed by atoms with E-state index in [1.165, 1.54) is 11.8 Å². The second-order valence-electron chi connectivity index (χ2n) is 9.92. The van der Waals surface area contributed by atoms with Crippen LogP contribution in [0.2, 0.25) is 0 Å². The Hall–Kier alpha value is -3.96. The van der Waals surface area contributed by atoms with Gasteiger partial charge in [0.05, 0.1) is 6.04 Å². The summed E-state index contributed by atoms with van der Waals surface area (Å²) in [7, 11) is 0. The molecule has 5 amide bonds. The summed E-state index contributed by atoms with van der Waals surface area (Å²) >= 11 is 0. The molecule has 1 aliphatic heterocycles. The van der Waals surface area contributed by atoms with Crippen LogP contribution in [0.15, 0.2) is 30.3 Å². The number of Topliss-reactive ketones (excluding diaryl/α,β-unsaturated/α-hetero) is 1. The monoisotopic (exact) mass is 517 g/mol. The Balaban J connectivity index is 1.97. The highest BCUT2D eigenvalue weighted by Crippen LogP contribution is 2.26. The number of primary amides is 1. The first-order valence-electron chi connectivity index (χ1n) is 12.0. The summed E-state index contributed by atoms with van der Waals surface area (Å²) in [6.07, 6.45) is 0.893. The van der Waals surface area contributed by atoms with Crippen LogP contribution in [0.4, 0.5) is 4.79 Å². The molecule has 1 saturated heterocycles. The van der Waals surface area contributed by atoms with Gasteiger partial charge in [-0.05, 0) is 30.7 Å². The number of nitrogens with zero attached hydrogens (tertiary/aromatic N) is 1. The number of benzene rings is 1. The lowest BCUT2D eigenvalue weighted by atomic mass is 9.85. The molecule has 2 rings (SSSR count). The van der Waals surface area contributed by atoms with E-state index in [0.29, 0.717) is 12.8 Å². The molecule has 1 fully saturated rings. The zero-order chi connectivity index (χ0) is 27.8. The fourth-order valence-electron chi connectivity index (χ4n) is 3.83. The minimum absolute atomic E-state index is 0.0636. The maximum atomic E-state index is 13.4. The molecule has 0 bridgehead atoms. The quantitative estimate of drug-likeness (QED) is 0.249. The van der Waals surface area contributed by atoms with Gasteiger partial charge < -0.3 is 31.3 Å². The first kappa shape index (κ1) is 29.3. The van der Waals surface area contributed by atoms with E-state index in [-0.39, 0.29) is 13.2 Å². The number of nitrogens with two attached hydrogens (primary N) is 1. The molecule has 37 heavy (non-hydrogen) atoms. The number of likely N-dealkylation sites (tertiary alicyclic amines) is 1. The molecule has 1 aliphatic rings. The number of amides is 5. The Bertz CT molecular complexity index is 1020. The van der Waals surface area contributed by atoms with Crippen LogP contribution < -0.4 is 21.7 Å². The molecule has 202 valence electrons. The highest BCUT2D eigenvalue weighted by atomic mass is 16.5. The molecule has 0 saturated carbocycles. The molecule has 2 unspecified atom stereocenters. The predicted octanol–water partition coefficient (Wildman–Crippen LogP) is -0.00620. The summed E-state index contributed by atoms with van der Waals surface area (Å²) < 4.78 is 5.13. The first-order valence-corrected chi connectivity index (χ1v) is 12.0. The van der Waals surface area contributed by atoms with Crippen LogP contribution in [0.5, 0.6) is 0 Å². The molecule has 5 N–H and O–H groups in total. The molecule has 12 nitrogen and oxygen atoms in total. The fourth-order valence-corrected chi connectivity index (χ4v) is 3.83. The molecule has 12 heteroatoms. The van der Waals surface area contributed by atoms with Gasteiger partial charge in [-0.1, -0.05) is 51.1 Å². The molecule has 0 aliphatic carbocycles. The van der Waals surface area contributed by atoms with E-state index < -0.39 is 65.6 Å². The van der Waals surface area contributed by atoms with Gasteiger partial charge in [0.2, 0.25) is 17.6 Å². The molecular weight excluding hydrogens is 482 g/mol. The molecule has 0 aromatic heterocycles. The summed E-state index contributed by atoms with van der Waals surface area (Å²) in [5, 5.41) is 7.42. The molecule has 1 aromatic rings. The van der Waals surface area contributed by atoms with Crippen LogP contribution >= 0.6 is 0 Å². The number of carbonyl (C=O) groups is 6. The Morgan fingerprint density at radius 3 is 2.32 bits per heavy atom. The van der Waals surface area contributed by atoms with Crippen molar-refractivity contribution >= 4 is 35.5 Å². The van der Waals surface area contributed by atoms with Crippen molar-refractivity contribution in [3.8, 4) is 0 Å². The van der Waals surface area contributed by atoms with Crippen molar-refractivity contribution in [1.29, 1.82) is 0 Å². The molecule has 3 atom stereocenters. The highest BCUT2D eigenvalue weighted by Gasteiger charge is 2.42. The Labute approximate surface area is 215 Å². The van der Waals surface area contributed by atoms with E-state index in [1.807, 2.05) is 18.2 Å².